The average Bonchev–Trinajstić information content (AvgIpc) is 1.97. The van der Waals surface area contributed by atoms with Crippen LogP contribution >= 0.6 is 0 Å². The molecule has 0 aliphatic carbocycles. The summed E-state index contributed by atoms with van der Waals surface area (Å²) in [4.78, 5) is 0. The Balaban J connectivity index is 2.62. The number of ether oxygens (including phenoxy) is 1. The lowest BCUT2D eigenvalue weighted by Crippen LogP contribution is -2.21. The van der Waals surface area contributed by atoms with Gasteiger partial charge in [0.25, 0.3) is 0 Å². The van der Waals surface area contributed by atoms with Gasteiger partial charge < -0.3 is 4.74 Å². The second-order valence-corrected chi connectivity index (χ2v) is 3.79. The molecule has 1 heteroatoms. The molecule has 1 fully saturated rings. The SMILES string of the molecule is C[C@H]1OCC(C)(C)[C@H]1C. The Morgan fingerprint density at radius 3 is 2.00 bits per heavy atom. The molecule has 0 bridgehead atoms. The molecule has 1 aliphatic heterocycles. The van der Waals surface area contributed by atoms with Crippen LogP contribution < -0.4 is 0 Å². The molecule has 1 saturated heterocycles. The Hall–Kier alpha value is -0.0400. The molecule has 2 atom stereocenters. The molecule has 1 aliphatic rings. The zero-order valence-electron chi connectivity index (χ0n) is 6.77. The van der Waals surface area contributed by atoms with Gasteiger partial charge in [-0.3, -0.25) is 0 Å². The van der Waals surface area contributed by atoms with Crippen molar-refractivity contribution < 1.29 is 4.74 Å². The van der Waals surface area contributed by atoms with E-state index < -0.39 is 0 Å². The predicted octanol–water partition coefficient (Wildman–Crippen LogP) is 2.07. The van der Waals surface area contributed by atoms with Gasteiger partial charge in [0.15, 0.2) is 0 Å². The van der Waals surface area contributed by atoms with E-state index >= 15 is 0 Å². The third kappa shape index (κ3) is 1.11. The van der Waals surface area contributed by atoms with Gasteiger partial charge in [0.1, 0.15) is 0 Å². The molecule has 0 aromatic rings. The van der Waals surface area contributed by atoms with Gasteiger partial charge in [-0.15, -0.1) is 0 Å². The highest BCUT2D eigenvalue weighted by molar-refractivity contribution is 4.84. The van der Waals surface area contributed by atoms with Crippen molar-refractivity contribution in [3.63, 3.8) is 0 Å². The van der Waals surface area contributed by atoms with Gasteiger partial charge in [-0.1, -0.05) is 20.8 Å². The van der Waals surface area contributed by atoms with Crippen molar-refractivity contribution in [2.45, 2.75) is 33.8 Å². The monoisotopic (exact) mass is 128 g/mol. The highest BCUT2D eigenvalue weighted by Gasteiger charge is 2.37. The van der Waals surface area contributed by atoms with Crippen molar-refractivity contribution in [2.75, 3.05) is 6.61 Å². The van der Waals surface area contributed by atoms with E-state index in [1.165, 1.54) is 0 Å². The fourth-order valence-corrected chi connectivity index (χ4v) is 1.26. The van der Waals surface area contributed by atoms with E-state index in [-0.39, 0.29) is 0 Å². The molecule has 0 radical (unpaired) electrons. The maximum Gasteiger partial charge on any atom is 0.0578 e. The van der Waals surface area contributed by atoms with Crippen LogP contribution in [0.1, 0.15) is 27.7 Å². The van der Waals surface area contributed by atoms with Crippen molar-refractivity contribution in [1.29, 1.82) is 0 Å². The van der Waals surface area contributed by atoms with Crippen LogP contribution in [-0.4, -0.2) is 12.7 Å². The molecular weight excluding hydrogens is 112 g/mol. The number of rotatable bonds is 0. The molecule has 1 rings (SSSR count). The highest BCUT2D eigenvalue weighted by atomic mass is 16.5. The molecule has 1 nitrogen and oxygen atoms in total. The number of hydrogen-bond acceptors (Lipinski definition) is 1. The summed E-state index contributed by atoms with van der Waals surface area (Å²) in [6.45, 7) is 9.87. The summed E-state index contributed by atoms with van der Waals surface area (Å²) in [7, 11) is 0. The summed E-state index contributed by atoms with van der Waals surface area (Å²) >= 11 is 0. The van der Waals surface area contributed by atoms with E-state index in [1.807, 2.05) is 0 Å². The predicted molar refractivity (Wildman–Crippen MR) is 38.4 cm³/mol. The van der Waals surface area contributed by atoms with Crippen LogP contribution in [0.15, 0.2) is 0 Å². The molecule has 0 spiro atoms. The Morgan fingerprint density at radius 2 is 1.89 bits per heavy atom. The maximum atomic E-state index is 5.48. The van der Waals surface area contributed by atoms with Gasteiger partial charge in [-0.2, -0.15) is 0 Å². The normalized spacial score (nSPS) is 41.3. The van der Waals surface area contributed by atoms with Crippen molar-refractivity contribution in [1.82, 2.24) is 0 Å². The first kappa shape index (κ1) is 7.07. The zero-order valence-corrected chi connectivity index (χ0v) is 6.77. The van der Waals surface area contributed by atoms with E-state index in [0.29, 0.717) is 17.4 Å². The summed E-state index contributed by atoms with van der Waals surface area (Å²) < 4.78 is 5.48. The lowest BCUT2D eigenvalue weighted by molar-refractivity contribution is 0.105. The van der Waals surface area contributed by atoms with E-state index in [9.17, 15) is 0 Å². The minimum absolute atomic E-state index is 0.402. The lowest BCUT2D eigenvalue weighted by Gasteiger charge is -2.21. The third-order valence-electron chi connectivity index (χ3n) is 2.66. The van der Waals surface area contributed by atoms with Crippen molar-refractivity contribution in [3.05, 3.63) is 0 Å². The van der Waals surface area contributed by atoms with Crippen LogP contribution in [0.4, 0.5) is 0 Å². The van der Waals surface area contributed by atoms with Crippen LogP contribution in [0.2, 0.25) is 0 Å². The van der Waals surface area contributed by atoms with E-state index in [2.05, 4.69) is 27.7 Å². The zero-order chi connectivity index (χ0) is 7.07. The van der Waals surface area contributed by atoms with Gasteiger partial charge in [-0.25, -0.2) is 0 Å². The van der Waals surface area contributed by atoms with Gasteiger partial charge in [0.05, 0.1) is 12.7 Å². The minimum atomic E-state index is 0.402. The molecule has 9 heavy (non-hydrogen) atoms. The number of hydrogen-bond donors (Lipinski definition) is 0. The highest BCUT2D eigenvalue weighted by Crippen LogP contribution is 2.36. The first-order valence-electron chi connectivity index (χ1n) is 3.65. The van der Waals surface area contributed by atoms with E-state index in [4.69, 9.17) is 4.74 Å². The van der Waals surface area contributed by atoms with Crippen molar-refractivity contribution in [3.8, 4) is 0 Å². The van der Waals surface area contributed by atoms with E-state index in [0.717, 1.165) is 6.61 Å². The third-order valence-corrected chi connectivity index (χ3v) is 2.66. The standard InChI is InChI=1S/C8H16O/c1-6-7(2)9-5-8(6,3)4/h6-7H,5H2,1-4H3/t6-,7+/m0/s1. The molecule has 0 saturated carbocycles. The second-order valence-electron chi connectivity index (χ2n) is 3.79. The Labute approximate surface area is 57.4 Å². The lowest BCUT2D eigenvalue weighted by atomic mass is 9.81. The summed E-state index contributed by atoms with van der Waals surface area (Å²) in [6.07, 6.45) is 0.458. The first-order valence-corrected chi connectivity index (χ1v) is 3.65. The molecular formula is C8H16O. The van der Waals surface area contributed by atoms with Crippen LogP contribution in [0.3, 0.4) is 0 Å². The van der Waals surface area contributed by atoms with Crippen LogP contribution in [0, 0.1) is 11.3 Å². The average molecular weight is 128 g/mol. The second kappa shape index (κ2) is 1.98. The molecule has 0 N–H and O–H groups in total. The Kier molecular flexibility index (Phi) is 1.55. The quantitative estimate of drug-likeness (QED) is 0.485. The first-order chi connectivity index (χ1) is 4.04. The topological polar surface area (TPSA) is 9.23 Å². The van der Waals surface area contributed by atoms with Crippen molar-refractivity contribution in [2.24, 2.45) is 11.3 Å². The van der Waals surface area contributed by atoms with Crippen LogP contribution in [0.5, 0.6) is 0 Å². The van der Waals surface area contributed by atoms with Gasteiger partial charge in [0, 0.05) is 0 Å². The fraction of sp³-hybridized carbons (Fsp3) is 1.00. The van der Waals surface area contributed by atoms with Gasteiger partial charge >= 0.3 is 0 Å². The smallest absolute Gasteiger partial charge is 0.0578 e. The molecule has 0 aromatic heterocycles. The van der Waals surface area contributed by atoms with Crippen molar-refractivity contribution >= 4 is 0 Å². The largest absolute Gasteiger partial charge is 0.378 e. The summed E-state index contributed by atoms with van der Waals surface area (Å²) in [5.41, 5.74) is 0.402. The molecule has 0 aromatic carbocycles. The summed E-state index contributed by atoms with van der Waals surface area (Å²) in [6, 6.07) is 0. The Bertz CT molecular complexity index is 107. The summed E-state index contributed by atoms with van der Waals surface area (Å²) in [5.74, 6) is 0.706. The molecule has 54 valence electrons. The maximum absolute atomic E-state index is 5.48. The van der Waals surface area contributed by atoms with Gasteiger partial charge in [0.2, 0.25) is 0 Å². The van der Waals surface area contributed by atoms with Crippen LogP contribution in [0.25, 0.3) is 0 Å². The molecule has 1 heterocycles. The molecule has 0 amide bonds. The molecule has 0 unspecified atom stereocenters. The minimum Gasteiger partial charge on any atom is -0.378 e. The summed E-state index contributed by atoms with van der Waals surface area (Å²) in [5, 5.41) is 0. The van der Waals surface area contributed by atoms with E-state index in [1.54, 1.807) is 0 Å². The fourth-order valence-electron chi connectivity index (χ4n) is 1.26. The van der Waals surface area contributed by atoms with Gasteiger partial charge in [-0.05, 0) is 18.3 Å². The Morgan fingerprint density at radius 1 is 1.33 bits per heavy atom. The van der Waals surface area contributed by atoms with Crippen LogP contribution in [-0.2, 0) is 4.74 Å².